The van der Waals surface area contributed by atoms with Crippen molar-refractivity contribution in [2.45, 2.75) is 32.4 Å². The molecule has 0 aliphatic carbocycles. The Bertz CT molecular complexity index is 177. The first kappa shape index (κ1) is 11.6. The minimum atomic E-state index is 0.700. The molecular formula is C11H18S. The Morgan fingerprint density at radius 3 is 2.67 bits per heavy atom. The molecular weight excluding hydrogens is 164 g/mol. The van der Waals surface area contributed by atoms with Crippen LogP contribution in [0.1, 0.15) is 27.2 Å². The van der Waals surface area contributed by atoms with Crippen molar-refractivity contribution in [3.8, 4) is 0 Å². The molecule has 0 aromatic heterocycles. The molecule has 1 heteroatoms. The van der Waals surface area contributed by atoms with E-state index in [4.69, 9.17) is 0 Å². The van der Waals surface area contributed by atoms with Crippen LogP contribution >= 0.6 is 11.8 Å². The lowest BCUT2D eigenvalue weighted by Gasteiger charge is -2.07. The van der Waals surface area contributed by atoms with Crippen LogP contribution in [0.5, 0.6) is 0 Å². The van der Waals surface area contributed by atoms with E-state index in [0.29, 0.717) is 5.25 Å². The van der Waals surface area contributed by atoms with E-state index in [9.17, 15) is 0 Å². The van der Waals surface area contributed by atoms with Gasteiger partial charge in [0, 0.05) is 10.2 Å². The average molecular weight is 182 g/mol. The van der Waals surface area contributed by atoms with E-state index in [1.165, 1.54) is 11.3 Å². The number of hydrogen-bond donors (Lipinski definition) is 0. The summed E-state index contributed by atoms with van der Waals surface area (Å²) in [6.45, 7) is 10.2. The predicted octanol–water partition coefficient (Wildman–Crippen LogP) is 4.16. The highest BCUT2D eigenvalue weighted by Crippen LogP contribution is 2.24. The maximum absolute atomic E-state index is 3.64. The second kappa shape index (κ2) is 7.23. The van der Waals surface area contributed by atoms with Gasteiger partial charge in [-0.05, 0) is 19.4 Å². The van der Waals surface area contributed by atoms with Crippen LogP contribution in [0, 0.1) is 0 Å². The van der Waals surface area contributed by atoms with Crippen molar-refractivity contribution in [1.82, 2.24) is 0 Å². The highest BCUT2D eigenvalue weighted by molar-refractivity contribution is 8.03. The Balaban J connectivity index is 4.01. The van der Waals surface area contributed by atoms with Gasteiger partial charge in [-0.1, -0.05) is 38.7 Å². The second-order valence-electron chi connectivity index (χ2n) is 2.62. The van der Waals surface area contributed by atoms with E-state index in [-0.39, 0.29) is 0 Å². The number of rotatable bonds is 5. The van der Waals surface area contributed by atoms with Gasteiger partial charge in [-0.3, -0.25) is 0 Å². The van der Waals surface area contributed by atoms with E-state index in [1.54, 1.807) is 6.08 Å². The molecule has 12 heavy (non-hydrogen) atoms. The maximum atomic E-state index is 3.64. The van der Waals surface area contributed by atoms with Crippen molar-refractivity contribution in [1.29, 1.82) is 0 Å². The molecule has 68 valence electrons. The first-order valence-electron chi connectivity index (χ1n) is 4.36. The van der Waals surface area contributed by atoms with Crippen molar-refractivity contribution >= 4 is 11.8 Å². The third kappa shape index (κ3) is 5.25. The van der Waals surface area contributed by atoms with E-state index >= 15 is 0 Å². The molecule has 0 nitrogen and oxygen atoms in total. The highest BCUT2D eigenvalue weighted by Gasteiger charge is 1.99. The van der Waals surface area contributed by atoms with Crippen LogP contribution in [0.2, 0.25) is 0 Å². The van der Waals surface area contributed by atoms with Crippen LogP contribution < -0.4 is 0 Å². The largest absolute Gasteiger partial charge is 0.123 e. The van der Waals surface area contributed by atoms with Gasteiger partial charge in [0.25, 0.3) is 0 Å². The fourth-order valence-corrected chi connectivity index (χ4v) is 1.61. The molecule has 0 aliphatic heterocycles. The Morgan fingerprint density at radius 1 is 1.58 bits per heavy atom. The summed E-state index contributed by atoms with van der Waals surface area (Å²) < 4.78 is 0. The van der Waals surface area contributed by atoms with Crippen molar-refractivity contribution in [3.05, 3.63) is 35.8 Å². The molecule has 0 spiro atoms. The number of hydrogen-bond acceptors (Lipinski definition) is 1. The molecule has 0 saturated carbocycles. The molecule has 1 atom stereocenters. The quantitative estimate of drug-likeness (QED) is 0.575. The van der Waals surface area contributed by atoms with E-state index in [1.807, 2.05) is 17.8 Å². The molecule has 0 saturated heterocycles. The standard InChI is InChI=1S/C11H18S/c1-5-8-9-11(7-3)12-10(4)6-2/h5,7-10H,1,6H2,2-4H3/b9-8-,11-7+. The molecule has 0 bridgehead atoms. The van der Waals surface area contributed by atoms with Crippen molar-refractivity contribution < 1.29 is 0 Å². The third-order valence-electron chi connectivity index (χ3n) is 1.59. The summed E-state index contributed by atoms with van der Waals surface area (Å²) in [7, 11) is 0. The van der Waals surface area contributed by atoms with Gasteiger partial charge >= 0.3 is 0 Å². The van der Waals surface area contributed by atoms with E-state index < -0.39 is 0 Å². The lowest BCUT2D eigenvalue weighted by Crippen LogP contribution is -1.91. The Labute approximate surface area is 80.4 Å². The molecule has 0 N–H and O–H groups in total. The van der Waals surface area contributed by atoms with Gasteiger partial charge < -0.3 is 0 Å². The Morgan fingerprint density at radius 2 is 2.25 bits per heavy atom. The highest BCUT2D eigenvalue weighted by atomic mass is 32.2. The Hall–Kier alpha value is -0.430. The summed E-state index contributed by atoms with van der Waals surface area (Å²) >= 11 is 1.91. The molecule has 0 fully saturated rings. The summed E-state index contributed by atoms with van der Waals surface area (Å²) in [4.78, 5) is 1.32. The van der Waals surface area contributed by atoms with Gasteiger partial charge in [0.2, 0.25) is 0 Å². The molecule has 0 amide bonds. The van der Waals surface area contributed by atoms with Gasteiger partial charge in [-0.25, -0.2) is 0 Å². The molecule has 0 aliphatic rings. The summed E-state index contributed by atoms with van der Waals surface area (Å²) in [5, 5.41) is 0.700. The topological polar surface area (TPSA) is 0 Å². The maximum Gasteiger partial charge on any atom is 0.00633 e. The van der Waals surface area contributed by atoms with E-state index in [2.05, 4.69) is 39.5 Å². The summed E-state index contributed by atoms with van der Waals surface area (Å²) in [6, 6.07) is 0. The van der Waals surface area contributed by atoms with Gasteiger partial charge in [0.1, 0.15) is 0 Å². The fraction of sp³-hybridized carbons (Fsp3) is 0.455. The normalized spacial score (nSPS) is 15.1. The SMILES string of the molecule is C=C/C=C\C(=C/C)SC(C)CC. The van der Waals surface area contributed by atoms with Crippen LogP contribution in [0.25, 0.3) is 0 Å². The minimum Gasteiger partial charge on any atom is -0.123 e. The smallest absolute Gasteiger partial charge is 0.00633 e. The van der Waals surface area contributed by atoms with Crippen molar-refractivity contribution in [2.75, 3.05) is 0 Å². The molecule has 0 rings (SSSR count). The van der Waals surface area contributed by atoms with Gasteiger partial charge in [-0.15, -0.1) is 11.8 Å². The first-order chi connectivity index (χ1) is 5.74. The molecule has 0 aromatic rings. The zero-order valence-corrected chi connectivity index (χ0v) is 9.03. The molecule has 0 radical (unpaired) electrons. The lowest BCUT2D eigenvalue weighted by molar-refractivity contribution is 0.909. The second-order valence-corrected chi connectivity index (χ2v) is 4.13. The van der Waals surface area contributed by atoms with Crippen molar-refractivity contribution in [2.24, 2.45) is 0 Å². The lowest BCUT2D eigenvalue weighted by atomic mass is 10.4. The van der Waals surface area contributed by atoms with Crippen LogP contribution in [0.3, 0.4) is 0 Å². The first-order valence-corrected chi connectivity index (χ1v) is 5.24. The number of thioether (sulfide) groups is 1. The minimum absolute atomic E-state index is 0.700. The van der Waals surface area contributed by atoms with Gasteiger partial charge in [0.15, 0.2) is 0 Å². The van der Waals surface area contributed by atoms with Crippen LogP contribution in [-0.2, 0) is 0 Å². The molecule has 0 heterocycles. The van der Waals surface area contributed by atoms with Crippen molar-refractivity contribution in [3.63, 3.8) is 0 Å². The van der Waals surface area contributed by atoms with Crippen LogP contribution in [0.4, 0.5) is 0 Å². The zero-order valence-electron chi connectivity index (χ0n) is 8.21. The summed E-state index contributed by atoms with van der Waals surface area (Å²) in [5.41, 5.74) is 0. The average Bonchev–Trinajstić information content (AvgIpc) is 2.11. The van der Waals surface area contributed by atoms with Crippen LogP contribution in [0.15, 0.2) is 35.8 Å². The summed E-state index contributed by atoms with van der Waals surface area (Å²) in [5.74, 6) is 0. The van der Waals surface area contributed by atoms with Gasteiger partial charge in [-0.2, -0.15) is 0 Å². The number of allylic oxidation sites excluding steroid dienone is 4. The van der Waals surface area contributed by atoms with Crippen LogP contribution in [-0.4, -0.2) is 5.25 Å². The Kier molecular flexibility index (Phi) is 6.97. The zero-order chi connectivity index (χ0) is 9.40. The third-order valence-corrected chi connectivity index (χ3v) is 2.97. The molecule has 0 aromatic carbocycles. The fourth-order valence-electron chi connectivity index (χ4n) is 0.682. The predicted molar refractivity (Wildman–Crippen MR) is 60.4 cm³/mol. The summed E-state index contributed by atoms with van der Waals surface area (Å²) in [6.07, 6.45) is 9.23. The molecule has 1 unspecified atom stereocenters. The van der Waals surface area contributed by atoms with Gasteiger partial charge in [0.05, 0.1) is 0 Å². The monoisotopic (exact) mass is 182 g/mol. The van der Waals surface area contributed by atoms with E-state index in [0.717, 1.165) is 0 Å².